The summed E-state index contributed by atoms with van der Waals surface area (Å²) in [6.07, 6.45) is 0. The fourth-order valence-electron chi connectivity index (χ4n) is 2.78. The van der Waals surface area contributed by atoms with Gasteiger partial charge in [0.05, 0.1) is 19.2 Å². The molecular weight excluding hydrogens is 278 g/mol. The number of hydrogen-bond donors (Lipinski definition) is 1. The number of aliphatic hydroxyl groups is 1. The number of carbonyl (C=O) groups excluding carboxylic acids is 1. The lowest BCUT2D eigenvalue weighted by Gasteiger charge is -2.08. The van der Waals surface area contributed by atoms with Crippen LogP contribution in [-0.2, 0) is 6.61 Å². The Morgan fingerprint density at radius 3 is 2.68 bits per heavy atom. The Bertz CT molecular complexity index is 849. The van der Waals surface area contributed by atoms with Crippen molar-refractivity contribution in [1.29, 1.82) is 0 Å². The third kappa shape index (κ3) is 2.18. The zero-order chi connectivity index (χ0) is 15.7. The number of carbonyl (C=O) groups is 1. The molecule has 0 fully saturated rings. The van der Waals surface area contributed by atoms with Gasteiger partial charge in [0.2, 0.25) is 0 Å². The highest BCUT2D eigenvalue weighted by Gasteiger charge is 2.19. The molecule has 1 N–H and O–H groups in total. The molecule has 0 spiro atoms. The van der Waals surface area contributed by atoms with Crippen molar-refractivity contribution in [2.24, 2.45) is 0 Å². The summed E-state index contributed by atoms with van der Waals surface area (Å²) >= 11 is 0. The number of rotatable bonds is 3. The number of para-hydroxylation sites is 1. The zero-order valence-electron chi connectivity index (χ0n) is 12.5. The average Bonchev–Trinajstić information content (AvgIpc) is 2.85. The van der Waals surface area contributed by atoms with Gasteiger partial charge in [0.1, 0.15) is 5.75 Å². The first-order chi connectivity index (χ1) is 10.7. The van der Waals surface area contributed by atoms with E-state index in [0.717, 1.165) is 22.2 Å². The lowest BCUT2D eigenvalue weighted by molar-refractivity contribution is 0.0962. The molecule has 3 rings (SSSR count). The maximum atomic E-state index is 12.9. The summed E-state index contributed by atoms with van der Waals surface area (Å²) in [6, 6.07) is 14.7. The monoisotopic (exact) mass is 295 g/mol. The summed E-state index contributed by atoms with van der Waals surface area (Å²) in [6.45, 7) is 1.76. The Morgan fingerprint density at radius 1 is 1.18 bits per heavy atom. The molecule has 0 saturated heterocycles. The summed E-state index contributed by atoms with van der Waals surface area (Å²) in [7, 11) is 1.57. The van der Waals surface area contributed by atoms with E-state index in [9.17, 15) is 9.90 Å². The molecule has 0 atom stereocenters. The molecule has 1 aromatic heterocycles. The average molecular weight is 295 g/mol. The van der Waals surface area contributed by atoms with E-state index in [4.69, 9.17) is 4.74 Å². The van der Waals surface area contributed by atoms with Gasteiger partial charge in [-0.05, 0) is 31.2 Å². The van der Waals surface area contributed by atoms with Crippen LogP contribution in [0.4, 0.5) is 0 Å². The van der Waals surface area contributed by atoms with E-state index in [-0.39, 0.29) is 12.5 Å². The van der Waals surface area contributed by atoms with Gasteiger partial charge in [-0.15, -0.1) is 0 Å². The molecule has 0 amide bonds. The van der Waals surface area contributed by atoms with Crippen LogP contribution in [0.5, 0.6) is 5.75 Å². The molecule has 0 aliphatic carbocycles. The number of hydrogen-bond acceptors (Lipinski definition) is 3. The van der Waals surface area contributed by atoms with Crippen LogP contribution < -0.4 is 4.74 Å². The van der Waals surface area contributed by atoms with E-state index in [2.05, 4.69) is 0 Å². The van der Waals surface area contributed by atoms with Crippen LogP contribution in [0.1, 0.15) is 21.6 Å². The molecule has 112 valence electrons. The van der Waals surface area contributed by atoms with E-state index in [1.807, 2.05) is 31.2 Å². The highest BCUT2D eigenvalue weighted by molar-refractivity contribution is 6.04. The fraction of sp³-hybridized carbons (Fsp3) is 0.167. The third-order valence-corrected chi connectivity index (χ3v) is 3.92. The van der Waals surface area contributed by atoms with Crippen molar-refractivity contribution in [1.82, 2.24) is 4.57 Å². The van der Waals surface area contributed by atoms with Gasteiger partial charge in [-0.1, -0.05) is 24.3 Å². The number of aliphatic hydroxyl groups excluding tert-OH is 1. The molecule has 0 radical (unpaired) electrons. The summed E-state index contributed by atoms with van der Waals surface area (Å²) < 4.78 is 6.83. The normalized spacial score (nSPS) is 10.9. The predicted octanol–water partition coefficient (Wildman–Crippen LogP) is 3.14. The summed E-state index contributed by atoms with van der Waals surface area (Å²) in [4.78, 5) is 12.9. The smallest absolute Gasteiger partial charge is 0.262 e. The zero-order valence-corrected chi connectivity index (χ0v) is 12.5. The number of nitrogens with zero attached hydrogens (tertiary/aromatic N) is 1. The van der Waals surface area contributed by atoms with Crippen LogP contribution in [0.15, 0.2) is 48.5 Å². The second-order valence-electron chi connectivity index (χ2n) is 5.11. The largest absolute Gasteiger partial charge is 0.497 e. The van der Waals surface area contributed by atoms with E-state index >= 15 is 0 Å². The van der Waals surface area contributed by atoms with Crippen LogP contribution in [0.25, 0.3) is 10.9 Å². The van der Waals surface area contributed by atoms with Gasteiger partial charge in [-0.3, -0.25) is 9.36 Å². The topological polar surface area (TPSA) is 51.5 Å². The lowest BCUT2D eigenvalue weighted by atomic mass is 10.1. The van der Waals surface area contributed by atoms with Crippen molar-refractivity contribution >= 4 is 16.8 Å². The van der Waals surface area contributed by atoms with Gasteiger partial charge < -0.3 is 9.84 Å². The summed E-state index contributed by atoms with van der Waals surface area (Å²) in [5, 5.41) is 10.5. The molecule has 0 aliphatic rings. The molecule has 0 saturated carbocycles. The first-order valence-electron chi connectivity index (χ1n) is 7.06. The van der Waals surface area contributed by atoms with E-state index in [1.54, 1.807) is 35.9 Å². The quantitative estimate of drug-likeness (QED) is 0.807. The number of ether oxygens (including phenoxy) is 1. The van der Waals surface area contributed by atoms with Crippen LogP contribution in [0, 0.1) is 6.92 Å². The standard InChI is InChI=1S/C18H17NO3/c1-12-16(11-20)15-8-3-4-9-17(15)19(12)18(21)13-6-5-7-14(10-13)22-2/h3-10,20H,11H2,1-2H3. The molecule has 22 heavy (non-hydrogen) atoms. The SMILES string of the molecule is COc1cccc(C(=O)n2c(C)c(CO)c3ccccc32)c1. The highest BCUT2D eigenvalue weighted by Crippen LogP contribution is 2.27. The minimum atomic E-state index is -0.132. The molecule has 4 heteroatoms. The van der Waals surface area contributed by atoms with Gasteiger partial charge in [0, 0.05) is 22.2 Å². The minimum Gasteiger partial charge on any atom is -0.497 e. The van der Waals surface area contributed by atoms with Gasteiger partial charge in [0.15, 0.2) is 0 Å². The van der Waals surface area contributed by atoms with Crippen molar-refractivity contribution in [2.45, 2.75) is 13.5 Å². The second kappa shape index (κ2) is 5.66. The highest BCUT2D eigenvalue weighted by atomic mass is 16.5. The van der Waals surface area contributed by atoms with Crippen LogP contribution in [0.3, 0.4) is 0 Å². The molecule has 0 unspecified atom stereocenters. The number of fused-ring (bicyclic) bond motifs is 1. The predicted molar refractivity (Wildman–Crippen MR) is 85.3 cm³/mol. The summed E-state index contributed by atoms with van der Waals surface area (Å²) in [5.74, 6) is 0.509. The van der Waals surface area contributed by atoms with E-state index < -0.39 is 0 Å². The van der Waals surface area contributed by atoms with Gasteiger partial charge in [-0.25, -0.2) is 0 Å². The van der Waals surface area contributed by atoms with Crippen LogP contribution in [0.2, 0.25) is 0 Å². The number of methoxy groups -OCH3 is 1. The van der Waals surface area contributed by atoms with Gasteiger partial charge >= 0.3 is 0 Å². The van der Waals surface area contributed by atoms with Crippen molar-refractivity contribution in [3.8, 4) is 5.75 Å². The first kappa shape index (κ1) is 14.4. The Kier molecular flexibility index (Phi) is 3.69. The Labute approximate surface area is 128 Å². The molecular formula is C18H17NO3. The third-order valence-electron chi connectivity index (χ3n) is 3.92. The van der Waals surface area contributed by atoms with E-state index in [0.29, 0.717) is 11.3 Å². The minimum absolute atomic E-state index is 0.0925. The van der Waals surface area contributed by atoms with Gasteiger partial charge in [0.25, 0.3) is 5.91 Å². The van der Waals surface area contributed by atoms with Crippen LogP contribution in [-0.4, -0.2) is 22.7 Å². The fourth-order valence-corrected chi connectivity index (χ4v) is 2.78. The Hall–Kier alpha value is -2.59. The molecule has 2 aromatic carbocycles. The number of aromatic nitrogens is 1. The Balaban J connectivity index is 2.21. The molecule has 1 heterocycles. The molecule has 4 nitrogen and oxygen atoms in total. The maximum absolute atomic E-state index is 12.9. The number of benzene rings is 2. The van der Waals surface area contributed by atoms with Crippen molar-refractivity contribution in [3.63, 3.8) is 0 Å². The van der Waals surface area contributed by atoms with E-state index in [1.165, 1.54) is 0 Å². The summed E-state index contributed by atoms with van der Waals surface area (Å²) in [5.41, 5.74) is 2.90. The second-order valence-corrected chi connectivity index (χ2v) is 5.11. The Morgan fingerprint density at radius 2 is 1.95 bits per heavy atom. The maximum Gasteiger partial charge on any atom is 0.262 e. The van der Waals surface area contributed by atoms with Crippen molar-refractivity contribution in [3.05, 3.63) is 65.4 Å². The molecule has 3 aromatic rings. The van der Waals surface area contributed by atoms with Gasteiger partial charge in [-0.2, -0.15) is 0 Å². The lowest BCUT2D eigenvalue weighted by Crippen LogP contribution is -2.13. The van der Waals surface area contributed by atoms with Crippen molar-refractivity contribution < 1.29 is 14.6 Å². The molecule has 0 bridgehead atoms. The van der Waals surface area contributed by atoms with Crippen LogP contribution >= 0.6 is 0 Å². The first-order valence-corrected chi connectivity index (χ1v) is 7.06. The molecule has 0 aliphatic heterocycles. The van der Waals surface area contributed by atoms with Crippen molar-refractivity contribution in [2.75, 3.05) is 7.11 Å².